The van der Waals surface area contributed by atoms with Gasteiger partial charge in [0.2, 0.25) is 5.91 Å². The highest BCUT2D eigenvalue weighted by molar-refractivity contribution is 5.98. The molecule has 1 fully saturated rings. The molecular formula is C27H31N3O2. The molecule has 0 atom stereocenters. The lowest BCUT2D eigenvalue weighted by atomic mass is 9.88. The van der Waals surface area contributed by atoms with E-state index in [1.807, 2.05) is 61.2 Å². The number of aryl methyl sites for hydroxylation is 2. The fourth-order valence-electron chi connectivity index (χ4n) is 4.56. The molecule has 1 N–H and O–H groups in total. The van der Waals surface area contributed by atoms with Crippen molar-refractivity contribution in [2.45, 2.75) is 26.2 Å². The first-order valence-corrected chi connectivity index (χ1v) is 11.3. The van der Waals surface area contributed by atoms with Crippen LogP contribution in [0.25, 0.3) is 0 Å². The normalized spacial score (nSPS) is 14.7. The Morgan fingerprint density at radius 3 is 1.94 bits per heavy atom. The molecule has 0 spiro atoms. The summed E-state index contributed by atoms with van der Waals surface area (Å²) in [5, 5.41) is 0. The third-order valence-corrected chi connectivity index (χ3v) is 6.32. The molecule has 2 heterocycles. The molecule has 4 rings (SSSR count). The molecular weight excluding hydrogens is 398 g/mol. The summed E-state index contributed by atoms with van der Waals surface area (Å²) in [7, 11) is 0. The third kappa shape index (κ3) is 5.17. The molecule has 3 aromatic rings. The Balaban J connectivity index is 1.36. The number of carbonyl (C=O) groups excluding carboxylic acids is 2. The maximum Gasteiger partial charge on any atom is 0.223 e. The number of hydrogen-bond donors (Lipinski definition) is 1. The van der Waals surface area contributed by atoms with E-state index in [2.05, 4.69) is 34.1 Å². The number of nitrogens with one attached hydrogen (secondary N) is 1. The average Bonchev–Trinajstić information content (AvgIpc) is 3.17. The first kappa shape index (κ1) is 22.0. The first-order chi connectivity index (χ1) is 15.5. The number of rotatable bonds is 7. The Morgan fingerprint density at radius 2 is 1.44 bits per heavy atom. The van der Waals surface area contributed by atoms with Crippen molar-refractivity contribution in [2.75, 3.05) is 32.7 Å². The fraction of sp³-hybridized carbons (Fsp3) is 0.333. The molecule has 32 heavy (non-hydrogen) atoms. The van der Waals surface area contributed by atoms with Gasteiger partial charge in [0.25, 0.3) is 0 Å². The second-order valence-corrected chi connectivity index (χ2v) is 8.65. The van der Waals surface area contributed by atoms with Gasteiger partial charge in [0, 0.05) is 55.5 Å². The van der Waals surface area contributed by atoms with Crippen LogP contribution in [0.15, 0.2) is 66.7 Å². The largest absolute Gasteiger partial charge is 0.362 e. The number of piperazine rings is 1. The number of aromatic amines is 1. The van der Waals surface area contributed by atoms with Gasteiger partial charge in [-0.25, -0.2) is 0 Å². The molecule has 2 aromatic carbocycles. The van der Waals surface area contributed by atoms with Crippen molar-refractivity contribution in [1.82, 2.24) is 14.8 Å². The van der Waals surface area contributed by atoms with Crippen LogP contribution in [-0.4, -0.2) is 59.2 Å². The third-order valence-electron chi connectivity index (χ3n) is 6.32. The molecule has 166 valence electrons. The molecule has 0 saturated carbocycles. The molecule has 5 heteroatoms. The summed E-state index contributed by atoms with van der Waals surface area (Å²) in [5.74, 6) is 0.356. The van der Waals surface area contributed by atoms with Gasteiger partial charge in [0.05, 0.1) is 6.54 Å². The number of Topliss-reactive ketones (excluding diaryl/α,β-unsaturated/α-hetero) is 1. The quantitative estimate of drug-likeness (QED) is 0.573. The van der Waals surface area contributed by atoms with Crippen LogP contribution in [0.2, 0.25) is 0 Å². The zero-order valence-corrected chi connectivity index (χ0v) is 18.9. The van der Waals surface area contributed by atoms with Gasteiger partial charge in [-0.2, -0.15) is 0 Å². The highest BCUT2D eigenvalue weighted by atomic mass is 16.2. The maximum atomic E-state index is 13.2. The number of nitrogens with zero attached hydrogens (tertiary/aromatic N) is 2. The van der Waals surface area contributed by atoms with Crippen molar-refractivity contribution in [1.29, 1.82) is 0 Å². The van der Waals surface area contributed by atoms with Crippen LogP contribution in [0.3, 0.4) is 0 Å². The van der Waals surface area contributed by atoms with Gasteiger partial charge in [0.15, 0.2) is 5.78 Å². The van der Waals surface area contributed by atoms with Gasteiger partial charge >= 0.3 is 0 Å². The van der Waals surface area contributed by atoms with E-state index in [-0.39, 0.29) is 17.6 Å². The Labute approximate surface area is 190 Å². The summed E-state index contributed by atoms with van der Waals surface area (Å²) in [6.45, 7) is 7.07. The van der Waals surface area contributed by atoms with Crippen molar-refractivity contribution in [3.05, 3.63) is 94.8 Å². The fourth-order valence-corrected chi connectivity index (χ4v) is 4.56. The summed E-state index contributed by atoms with van der Waals surface area (Å²) in [5.41, 5.74) is 5.03. The van der Waals surface area contributed by atoms with E-state index in [1.54, 1.807) is 0 Å². The zero-order chi connectivity index (χ0) is 22.5. The number of benzene rings is 2. The van der Waals surface area contributed by atoms with E-state index >= 15 is 0 Å². The lowest BCUT2D eigenvalue weighted by molar-refractivity contribution is -0.133. The molecule has 1 aliphatic heterocycles. The Morgan fingerprint density at radius 1 is 0.875 bits per heavy atom. The molecule has 1 aliphatic rings. The van der Waals surface area contributed by atoms with Gasteiger partial charge in [-0.3, -0.25) is 14.5 Å². The van der Waals surface area contributed by atoms with Crippen molar-refractivity contribution in [3.63, 3.8) is 0 Å². The summed E-state index contributed by atoms with van der Waals surface area (Å²) < 4.78 is 0. The van der Waals surface area contributed by atoms with Crippen LogP contribution in [0.5, 0.6) is 0 Å². The Kier molecular flexibility index (Phi) is 6.86. The van der Waals surface area contributed by atoms with Crippen LogP contribution in [-0.2, 0) is 4.79 Å². The molecule has 5 nitrogen and oxygen atoms in total. The van der Waals surface area contributed by atoms with E-state index in [0.717, 1.165) is 41.2 Å². The van der Waals surface area contributed by atoms with Crippen molar-refractivity contribution >= 4 is 11.7 Å². The van der Waals surface area contributed by atoms with Gasteiger partial charge in [0.1, 0.15) is 0 Å². The SMILES string of the molecule is Cc1cc(C(=O)CN2CCN(C(=O)CC(c3ccccc3)c3ccccc3)CC2)c(C)[nH]1. The topological polar surface area (TPSA) is 56.4 Å². The number of ketones is 1. The number of amides is 1. The lowest BCUT2D eigenvalue weighted by Crippen LogP contribution is -2.50. The molecule has 1 amide bonds. The molecule has 1 aromatic heterocycles. The van der Waals surface area contributed by atoms with E-state index in [1.165, 1.54) is 0 Å². The second kappa shape index (κ2) is 9.96. The van der Waals surface area contributed by atoms with E-state index in [9.17, 15) is 9.59 Å². The van der Waals surface area contributed by atoms with Crippen LogP contribution in [0, 0.1) is 13.8 Å². The van der Waals surface area contributed by atoms with Gasteiger partial charge in [-0.05, 0) is 31.0 Å². The molecule has 0 aliphatic carbocycles. The average molecular weight is 430 g/mol. The minimum Gasteiger partial charge on any atom is -0.362 e. The molecule has 0 unspecified atom stereocenters. The standard InChI is InChI=1S/C27H31N3O2/c1-20-17-24(21(2)28-20)26(31)19-29-13-15-30(16-14-29)27(32)18-25(22-9-5-3-6-10-22)23-11-7-4-8-12-23/h3-12,17,25,28H,13-16,18-19H2,1-2H3. The highest BCUT2D eigenvalue weighted by Crippen LogP contribution is 2.28. The van der Waals surface area contributed by atoms with Gasteiger partial charge < -0.3 is 9.88 Å². The minimum absolute atomic E-state index is 0.0457. The maximum absolute atomic E-state index is 13.2. The number of hydrogen-bond acceptors (Lipinski definition) is 3. The second-order valence-electron chi connectivity index (χ2n) is 8.65. The predicted octanol–water partition coefficient (Wildman–Crippen LogP) is 4.18. The smallest absolute Gasteiger partial charge is 0.223 e. The number of H-pyrrole nitrogens is 1. The predicted molar refractivity (Wildman–Crippen MR) is 127 cm³/mol. The first-order valence-electron chi connectivity index (χ1n) is 11.3. The van der Waals surface area contributed by atoms with E-state index in [0.29, 0.717) is 26.1 Å². The Bertz CT molecular complexity index is 1010. The summed E-state index contributed by atoms with van der Waals surface area (Å²) >= 11 is 0. The van der Waals surface area contributed by atoms with Crippen LogP contribution in [0.1, 0.15) is 45.2 Å². The summed E-state index contributed by atoms with van der Waals surface area (Å²) in [6.07, 6.45) is 0.453. The summed E-state index contributed by atoms with van der Waals surface area (Å²) in [6, 6.07) is 22.4. The van der Waals surface area contributed by atoms with Crippen molar-refractivity contribution < 1.29 is 9.59 Å². The van der Waals surface area contributed by atoms with Crippen molar-refractivity contribution in [3.8, 4) is 0 Å². The monoisotopic (exact) mass is 429 g/mol. The van der Waals surface area contributed by atoms with Crippen molar-refractivity contribution in [2.24, 2.45) is 0 Å². The molecule has 0 radical (unpaired) electrons. The lowest BCUT2D eigenvalue weighted by Gasteiger charge is -2.35. The van der Waals surface area contributed by atoms with Crippen LogP contribution < -0.4 is 0 Å². The van der Waals surface area contributed by atoms with E-state index < -0.39 is 0 Å². The highest BCUT2D eigenvalue weighted by Gasteiger charge is 2.26. The zero-order valence-electron chi connectivity index (χ0n) is 18.9. The van der Waals surface area contributed by atoms with Crippen LogP contribution in [0.4, 0.5) is 0 Å². The minimum atomic E-state index is 0.0457. The van der Waals surface area contributed by atoms with Gasteiger partial charge in [-0.15, -0.1) is 0 Å². The molecule has 0 bridgehead atoms. The van der Waals surface area contributed by atoms with Crippen LogP contribution >= 0.6 is 0 Å². The Hall–Kier alpha value is -3.18. The summed E-state index contributed by atoms with van der Waals surface area (Å²) in [4.78, 5) is 33.2. The molecule has 1 saturated heterocycles. The number of aromatic nitrogens is 1. The van der Waals surface area contributed by atoms with Gasteiger partial charge in [-0.1, -0.05) is 60.7 Å². The van der Waals surface area contributed by atoms with E-state index in [4.69, 9.17) is 0 Å². The number of carbonyl (C=O) groups is 2.